The molecule has 90 valence electrons. The van der Waals surface area contributed by atoms with Crippen LogP contribution in [0.1, 0.15) is 38.1 Å². The Bertz CT molecular complexity index is 313. The van der Waals surface area contributed by atoms with Gasteiger partial charge in [-0.15, -0.1) is 0 Å². The molecule has 1 aromatic heterocycles. The Morgan fingerprint density at radius 3 is 2.75 bits per heavy atom. The maximum absolute atomic E-state index is 5.67. The molecule has 1 heterocycles. The van der Waals surface area contributed by atoms with Crippen molar-refractivity contribution in [2.45, 2.75) is 40.2 Å². The lowest BCUT2D eigenvalue weighted by atomic mass is 10.2. The van der Waals surface area contributed by atoms with Crippen LogP contribution in [0.2, 0.25) is 0 Å². The quantitative estimate of drug-likeness (QED) is 0.720. The van der Waals surface area contributed by atoms with E-state index in [9.17, 15) is 0 Å². The Labute approximate surface area is 98.2 Å². The number of ether oxygens (including phenoxy) is 1. The fraction of sp³-hybridized carbons (Fsp3) is 0.615. The average molecular weight is 222 g/mol. The summed E-state index contributed by atoms with van der Waals surface area (Å²) in [4.78, 5) is 4.51. The largest absolute Gasteiger partial charge is 0.492 e. The molecule has 0 saturated heterocycles. The number of aromatic nitrogens is 1. The van der Waals surface area contributed by atoms with Crippen molar-refractivity contribution in [3.63, 3.8) is 0 Å². The molecule has 0 bridgehead atoms. The molecule has 3 nitrogen and oxygen atoms in total. The first-order chi connectivity index (χ1) is 7.77. The molecule has 0 saturated carbocycles. The predicted molar refractivity (Wildman–Crippen MR) is 66.8 cm³/mol. The molecular weight excluding hydrogens is 200 g/mol. The van der Waals surface area contributed by atoms with E-state index >= 15 is 0 Å². The number of rotatable bonds is 7. The van der Waals surface area contributed by atoms with Crippen LogP contribution >= 0.6 is 0 Å². The Hall–Kier alpha value is -1.09. The highest BCUT2D eigenvalue weighted by atomic mass is 16.5. The summed E-state index contributed by atoms with van der Waals surface area (Å²) in [7, 11) is 0. The van der Waals surface area contributed by atoms with Crippen LogP contribution < -0.4 is 10.1 Å². The number of nitrogens with one attached hydrogen (secondary N) is 1. The molecule has 1 rings (SSSR count). The van der Waals surface area contributed by atoms with Gasteiger partial charge in [0.25, 0.3) is 0 Å². The van der Waals surface area contributed by atoms with E-state index in [0.717, 1.165) is 49.7 Å². The third kappa shape index (κ3) is 4.19. The number of hydrogen-bond acceptors (Lipinski definition) is 3. The Kier molecular flexibility index (Phi) is 5.86. The highest BCUT2D eigenvalue weighted by molar-refractivity contribution is 5.29. The summed E-state index contributed by atoms with van der Waals surface area (Å²) in [5.74, 6) is 0.913. The summed E-state index contributed by atoms with van der Waals surface area (Å²) in [6, 6.07) is 4.01. The smallest absolute Gasteiger partial charge is 0.142 e. The first kappa shape index (κ1) is 13.0. The second-order valence-electron chi connectivity index (χ2n) is 3.92. The first-order valence-corrected chi connectivity index (χ1v) is 6.08. The van der Waals surface area contributed by atoms with Crippen LogP contribution in [0.25, 0.3) is 0 Å². The van der Waals surface area contributed by atoms with E-state index in [1.54, 1.807) is 0 Å². The maximum atomic E-state index is 5.67. The van der Waals surface area contributed by atoms with Crippen molar-refractivity contribution in [2.24, 2.45) is 0 Å². The molecule has 1 aromatic rings. The number of aryl methyl sites for hydroxylation is 1. The monoisotopic (exact) mass is 222 g/mol. The zero-order valence-electron chi connectivity index (χ0n) is 10.5. The van der Waals surface area contributed by atoms with E-state index in [1.807, 2.05) is 19.1 Å². The van der Waals surface area contributed by atoms with Gasteiger partial charge in [0, 0.05) is 12.2 Å². The third-order valence-corrected chi connectivity index (χ3v) is 2.25. The van der Waals surface area contributed by atoms with Crippen LogP contribution in [-0.4, -0.2) is 18.1 Å². The molecule has 1 N–H and O–H groups in total. The van der Waals surface area contributed by atoms with Gasteiger partial charge in [0.05, 0.1) is 12.3 Å². The molecule has 0 unspecified atom stereocenters. The van der Waals surface area contributed by atoms with E-state index in [4.69, 9.17) is 4.74 Å². The summed E-state index contributed by atoms with van der Waals surface area (Å²) in [6.07, 6.45) is 2.16. The molecule has 0 aromatic carbocycles. The lowest BCUT2D eigenvalue weighted by Gasteiger charge is -2.11. The molecule has 0 spiro atoms. The molecular formula is C13H22N2O. The topological polar surface area (TPSA) is 34.2 Å². The maximum Gasteiger partial charge on any atom is 0.142 e. The van der Waals surface area contributed by atoms with Crippen LogP contribution in [0.5, 0.6) is 5.75 Å². The van der Waals surface area contributed by atoms with Gasteiger partial charge in [-0.1, -0.05) is 13.8 Å². The predicted octanol–water partition coefficient (Wildman–Crippen LogP) is 2.68. The van der Waals surface area contributed by atoms with Gasteiger partial charge in [-0.05, 0) is 38.4 Å². The van der Waals surface area contributed by atoms with Gasteiger partial charge in [-0.25, -0.2) is 0 Å². The first-order valence-electron chi connectivity index (χ1n) is 6.08. The lowest BCUT2D eigenvalue weighted by molar-refractivity contribution is 0.311. The summed E-state index contributed by atoms with van der Waals surface area (Å²) in [5.41, 5.74) is 2.05. The number of pyridine rings is 1. The van der Waals surface area contributed by atoms with E-state index in [-0.39, 0.29) is 0 Å². The molecule has 0 aliphatic heterocycles. The van der Waals surface area contributed by atoms with E-state index in [2.05, 4.69) is 24.1 Å². The van der Waals surface area contributed by atoms with E-state index in [0.29, 0.717) is 0 Å². The zero-order valence-corrected chi connectivity index (χ0v) is 10.5. The molecule has 0 atom stereocenters. The van der Waals surface area contributed by atoms with E-state index < -0.39 is 0 Å². The number of hydrogen-bond donors (Lipinski definition) is 1. The average Bonchev–Trinajstić information content (AvgIpc) is 2.28. The molecule has 0 aliphatic rings. The van der Waals surface area contributed by atoms with Crippen molar-refractivity contribution in [2.75, 3.05) is 13.2 Å². The summed E-state index contributed by atoms with van der Waals surface area (Å²) in [6.45, 7) is 8.83. The molecule has 0 fully saturated rings. The van der Waals surface area contributed by atoms with Gasteiger partial charge >= 0.3 is 0 Å². The van der Waals surface area contributed by atoms with Crippen molar-refractivity contribution in [3.8, 4) is 5.75 Å². The van der Waals surface area contributed by atoms with Crippen LogP contribution in [0.4, 0.5) is 0 Å². The van der Waals surface area contributed by atoms with Gasteiger partial charge in [0.2, 0.25) is 0 Å². The van der Waals surface area contributed by atoms with Crippen LogP contribution in [-0.2, 0) is 6.54 Å². The standard InChI is InChI=1S/C13H22N2O/c1-4-8-14-10-12-13(16-9-5-2)7-6-11(3)15-12/h6-7,14H,4-5,8-10H2,1-3H3. The molecule has 3 heteroatoms. The summed E-state index contributed by atoms with van der Waals surface area (Å²) >= 11 is 0. The second kappa shape index (κ2) is 7.23. The summed E-state index contributed by atoms with van der Waals surface area (Å²) < 4.78 is 5.67. The summed E-state index contributed by atoms with van der Waals surface area (Å²) in [5, 5.41) is 3.35. The van der Waals surface area contributed by atoms with Crippen molar-refractivity contribution >= 4 is 0 Å². The highest BCUT2D eigenvalue weighted by Crippen LogP contribution is 2.16. The van der Waals surface area contributed by atoms with Crippen molar-refractivity contribution in [1.82, 2.24) is 10.3 Å². The normalized spacial score (nSPS) is 10.4. The fourth-order valence-electron chi connectivity index (χ4n) is 1.45. The third-order valence-electron chi connectivity index (χ3n) is 2.25. The molecule has 0 radical (unpaired) electrons. The fourth-order valence-corrected chi connectivity index (χ4v) is 1.45. The van der Waals surface area contributed by atoms with E-state index in [1.165, 1.54) is 0 Å². The molecule has 0 aliphatic carbocycles. The van der Waals surface area contributed by atoms with Gasteiger partial charge in [0.1, 0.15) is 5.75 Å². The van der Waals surface area contributed by atoms with Crippen molar-refractivity contribution < 1.29 is 4.74 Å². The second-order valence-corrected chi connectivity index (χ2v) is 3.92. The van der Waals surface area contributed by atoms with Gasteiger partial charge in [0.15, 0.2) is 0 Å². The lowest BCUT2D eigenvalue weighted by Crippen LogP contribution is -2.16. The Balaban J connectivity index is 2.65. The van der Waals surface area contributed by atoms with Gasteiger partial charge in [-0.2, -0.15) is 0 Å². The van der Waals surface area contributed by atoms with Crippen LogP contribution in [0.15, 0.2) is 12.1 Å². The van der Waals surface area contributed by atoms with Gasteiger partial charge < -0.3 is 10.1 Å². The molecule has 0 amide bonds. The minimum absolute atomic E-state index is 0.755. The van der Waals surface area contributed by atoms with Gasteiger partial charge in [-0.3, -0.25) is 4.98 Å². The Morgan fingerprint density at radius 2 is 2.06 bits per heavy atom. The minimum Gasteiger partial charge on any atom is -0.492 e. The SMILES string of the molecule is CCCNCc1nc(C)ccc1OCCC. The van der Waals surface area contributed by atoms with Crippen LogP contribution in [0, 0.1) is 6.92 Å². The minimum atomic E-state index is 0.755. The van der Waals surface area contributed by atoms with Crippen molar-refractivity contribution in [1.29, 1.82) is 0 Å². The Morgan fingerprint density at radius 1 is 1.25 bits per heavy atom. The highest BCUT2D eigenvalue weighted by Gasteiger charge is 2.04. The van der Waals surface area contributed by atoms with Crippen molar-refractivity contribution in [3.05, 3.63) is 23.5 Å². The zero-order chi connectivity index (χ0) is 11.8. The number of nitrogens with zero attached hydrogens (tertiary/aromatic N) is 1. The molecule has 16 heavy (non-hydrogen) atoms. The van der Waals surface area contributed by atoms with Crippen LogP contribution in [0.3, 0.4) is 0 Å².